The second kappa shape index (κ2) is 8.22. The molecule has 1 aliphatic carbocycles. The first-order chi connectivity index (χ1) is 10.7. The predicted molar refractivity (Wildman–Crippen MR) is 85.8 cm³/mol. The average Bonchev–Trinajstić information content (AvgIpc) is 2.55. The van der Waals surface area contributed by atoms with Crippen LogP contribution in [0.1, 0.15) is 32.6 Å². The Labute approximate surface area is 130 Å². The molecular weight excluding hydrogens is 280 g/mol. The van der Waals surface area contributed by atoms with Crippen molar-refractivity contribution >= 4 is 17.5 Å². The van der Waals surface area contributed by atoms with Gasteiger partial charge >= 0.3 is 0 Å². The summed E-state index contributed by atoms with van der Waals surface area (Å²) in [4.78, 5) is 23.7. The lowest BCUT2D eigenvalue weighted by Gasteiger charge is -2.12. The van der Waals surface area contributed by atoms with E-state index in [-0.39, 0.29) is 18.4 Å². The first-order valence-electron chi connectivity index (χ1n) is 7.69. The summed E-state index contributed by atoms with van der Waals surface area (Å²) in [7, 11) is 0. The van der Waals surface area contributed by atoms with E-state index in [1.165, 1.54) is 0 Å². The maximum absolute atomic E-state index is 11.9. The molecule has 1 aliphatic rings. The van der Waals surface area contributed by atoms with Crippen LogP contribution >= 0.6 is 0 Å². The summed E-state index contributed by atoms with van der Waals surface area (Å²) >= 11 is 0. The van der Waals surface area contributed by atoms with Crippen LogP contribution in [0.25, 0.3) is 0 Å². The van der Waals surface area contributed by atoms with Crippen molar-refractivity contribution in [3.63, 3.8) is 0 Å². The van der Waals surface area contributed by atoms with Crippen molar-refractivity contribution in [3.8, 4) is 5.75 Å². The third-order valence-corrected chi connectivity index (χ3v) is 3.44. The maximum atomic E-state index is 11.9. The Bertz CT molecular complexity index is 550. The number of allylic oxidation sites excluding steroid dienone is 1. The van der Waals surface area contributed by atoms with Gasteiger partial charge < -0.3 is 15.4 Å². The van der Waals surface area contributed by atoms with Gasteiger partial charge in [-0.1, -0.05) is 6.08 Å². The molecule has 0 saturated carbocycles. The van der Waals surface area contributed by atoms with Crippen molar-refractivity contribution in [1.29, 1.82) is 0 Å². The number of ether oxygens (including phenoxy) is 1. The SMILES string of the molecule is CCOc1ccc(NC(=O)CNC(=O)C2=CCCCC2)cc1. The van der Waals surface area contributed by atoms with Gasteiger partial charge in [0.15, 0.2) is 0 Å². The minimum absolute atomic E-state index is 0.0244. The monoisotopic (exact) mass is 302 g/mol. The number of carbonyl (C=O) groups is 2. The second-order valence-corrected chi connectivity index (χ2v) is 5.16. The van der Waals surface area contributed by atoms with E-state index in [9.17, 15) is 9.59 Å². The molecule has 0 heterocycles. The highest BCUT2D eigenvalue weighted by atomic mass is 16.5. The van der Waals surface area contributed by atoms with Crippen LogP contribution in [0.15, 0.2) is 35.9 Å². The highest BCUT2D eigenvalue weighted by molar-refractivity contribution is 5.98. The van der Waals surface area contributed by atoms with Crippen LogP contribution in [0.2, 0.25) is 0 Å². The fourth-order valence-electron chi connectivity index (χ4n) is 2.32. The summed E-state index contributed by atoms with van der Waals surface area (Å²) in [6.45, 7) is 2.50. The standard InChI is InChI=1S/C17H22N2O3/c1-2-22-15-10-8-14(9-11-15)19-16(20)12-18-17(21)13-6-4-3-5-7-13/h6,8-11H,2-5,7,12H2,1H3,(H,18,21)(H,19,20). The molecule has 2 rings (SSSR count). The summed E-state index contributed by atoms with van der Waals surface area (Å²) in [5.74, 6) is 0.383. The number of benzene rings is 1. The van der Waals surface area contributed by atoms with Crippen LogP contribution in [0.4, 0.5) is 5.69 Å². The third-order valence-electron chi connectivity index (χ3n) is 3.44. The topological polar surface area (TPSA) is 67.4 Å². The van der Waals surface area contributed by atoms with Gasteiger partial charge in [-0.05, 0) is 56.9 Å². The highest BCUT2D eigenvalue weighted by Gasteiger charge is 2.13. The first kappa shape index (κ1) is 16.1. The van der Waals surface area contributed by atoms with Gasteiger partial charge in [0.1, 0.15) is 5.75 Å². The molecule has 0 spiro atoms. The molecule has 5 heteroatoms. The summed E-state index contributed by atoms with van der Waals surface area (Å²) < 4.78 is 5.34. The smallest absolute Gasteiger partial charge is 0.247 e. The highest BCUT2D eigenvalue weighted by Crippen LogP contribution is 2.17. The van der Waals surface area contributed by atoms with Crippen LogP contribution in [0.5, 0.6) is 5.75 Å². The molecule has 1 aromatic rings. The van der Waals surface area contributed by atoms with E-state index in [1.54, 1.807) is 24.3 Å². The Morgan fingerprint density at radius 1 is 1.18 bits per heavy atom. The summed E-state index contributed by atoms with van der Waals surface area (Å²) in [6, 6.07) is 7.14. The van der Waals surface area contributed by atoms with Gasteiger partial charge in [-0.3, -0.25) is 9.59 Å². The van der Waals surface area contributed by atoms with Gasteiger partial charge in [0.25, 0.3) is 0 Å². The van der Waals surface area contributed by atoms with E-state index in [4.69, 9.17) is 4.74 Å². The molecule has 0 saturated heterocycles. The van der Waals surface area contributed by atoms with E-state index < -0.39 is 0 Å². The van der Waals surface area contributed by atoms with Gasteiger partial charge in [-0.25, -0.2) is 0 Å². The largest absolute Gasteiger partial charge is 0.494 e. The number of anilines is 1. The molecule has 0 bridgehead atoms. The lowest BCUT2D eigenvalue weighted by molar-refractivity contribution is -0.121. The number of carbonyl (C=O) groups excluding carboxylic acids is 2. The zero-order valence-electron chi connectivity index (χ0n) is 12.9. The minimum atomic E-state index is -0.242. The van der Waals surface area contributed by atoms with Crippen molar-refractivity contribution in [2.75, 3.05) is 18.5 Å². The Kier molecular flexibility index (Phi) is 6.01. The van der Waals surface area contributed by atoms with Gasteiger partial charge in [-0.2, -0.15) is 0 Å². The van der Waals surface area contributed by atoms with E-state index in [0.29, 0.717) is 12.3 Å². The van der Waals surface area contributed by atoms with Gasteiger partial charge in [0, 0.05) is 11.3 Å². The number of hydrogen-bond donors (Lipinski definition) is 2. The molecule has 0 atom stereocenters. The van der Waals surface area contributed by atoms with Crippen LogP contribution in [-0.2, 0) is 9.59 Å². The van der Waals surface area contributed by atoms with Gasteiger partial charge in [-0.15, -0.1) is 0 Å². The zero-order valence-corrected chi connectivity index (χ0v) is 12.9. The second-order valence-electron chi connectivity index (χ2n) is 5.16. The fraction of sp³-hybridized carbons (Fsp3) is 0.412. The number of rotatable bonds is 6. The third kappa shape index (κ3) is 4.91. The Balaban J connectivity index is 1.77. The van der Waals surface area contributed by atoms with Crippen LogP contribution < -0.4 is 15.4 Å². The average molecular weight is 302 g/mol. The van der Waals surface area contributed by atoms with E-state index >= 15 is 0 Å². The lowest BCUT2D eigenvalue weighted by Crippen LogP contribution is -2.34. The molecule has 0 aliphatic heterocycles. The predicted octanol–water partition coefficient (Wildman–Crippen LogP) is 2.64. The quantitative estimate of drug-likeness (QED) is 0.849. The first-order valence-corrected chi connectivity index (χ1v) is 7.69. The molecule has 22 heavy (non-hydrogen) atoms. The van der Waals surface area contributed by atoms with Crippen LogP contribution in [0.3, 0.4) is 0 Å². The maximum Gasteiger partial charge on any atom is 0.247 e. The summed E-state index contributed by atoms with van der Waals surface area (Å²) in [5.41, 5.74) is 1.47. The normalized spacial score (nSPS) is 14.0. The molecule has 0 fully saturated rings. The Morgan fingerprint density at radius 2 is 1.95 bits per heavy atom. The van der Waals surface area contributed by atoms with Gasteiger partial charge in [0.05, 0.1) is 13.2 Å². The minimum Gasteiger partial charge on any atom is -0.494 e. The Morgan fingerprint density at radius 3 is 2.59 bits per heavy atom. The molecule has 2 amide bonds. The van der Waals surface area contributed by atoms with Gasteiger partial charge in [0.2, 0.25) is 11.8 Å². The number of nitrogens with one attached hydrogen (secondary N) is 2. The van der Waals surface area contributed by atoms with Crippen molar-refractivity contribution in [3.05, 3.63) is 35.9 Å². The lowest BCUT2D eigenvalue weighted by atomic mass is 9.99. The number of hydrogen-bond acceptors (Lipinski definition) is 3. The summed E-state index contributed by atoms with van der Waals surface area (Å²) in [6.07, 6.45) is 5.88. The van der Waals surface area contributed by atoms with Crippen molar-refractivity contribution in [2.24, 2.45) is 0 Å². The summed E-state index contributed by atoms with van der Waals surface area (Å²) in [5, 5.41) is 5.40. The van der Waals surface area contributed by atoms with Crippen LogP contribution in [0, 0.1) is 0 Å². The molecule has 0 unspecified atom stereocenters. The van der Waals surface area contributed by atoms with Crippen molar-refractivity contribution in [2.45, 2.75) is 32.6 Å². The molecular formula is C17H22N2O3. The van der Waals surface area contributed by atoms with E-state index in [0.717, 1.165) is 37.0 Å². The van der Waals surface area contributed by atoms with Crippen LogP contribution in [-0.4, -0.2) is 25.0 Å². The molecule has 0 aromatic heterocycles. The fourth-order valence-corrected chi connectivity index (χ4v) is 2.32. The molecule has 5 nitrogen and oxygen atoms in total. The Hall–Kier alpha value is -2.30. The van der Waals surface area contributed by atoms with E-state index in [2.05, 4.69) is 10.6 Å². The molecule has 2 N–H and O–H groups in total. The van der Waals surface area contributed by atoms with Crippen molar-refractivity contribution < 1.29 is 14.3 Å². The number of amides is 2. The molecule has 1 aromatic carbocycles. The zero-order chi connectivity index (χ0) is 15.8. The molecule has 0 radical (unpaired) electrons. The van der Waals surface area contributed by atoms with Crippen molar-refractivity contribution in [1.82, 2.24) is 5.32 Å². The van der Waals surface area contributed by atoms with E-state index in [1.807, 2.05) is 13.0 Å². The molecule has 118 valence electrons.